The minimum absolute atomic E-state index is 0.128. The molecule has 3 unspecified atom stereocenters. The zero-order valence-corrected chi connectivity index (χ0v) is 12.6. The molecule has 1 aliphatic heterocycles. The smallest absolute Gasteiger partial charge is 0.351 e. The maximum atomic E-state index is 13.1. The van der Waals surface area contributed by atoms with Crippen molar-refractivity contribution in [2.45, 2.75) is 76.0 Å². The molecule has 0 aromatic carbocycles. The molecule has 1 aliphatic carbocycles. The second-order valence-corrected chi connectivity index (χ2v) is 6.37. The lowest BCUT2D eigenvalue weighted by molar-refractivity contribution is -0.189. The average Bonchev–Trinajstić information content (AvgIpc) is 2.88. The Bertz CT molecular complexity index is 364. The molecule has 0 spiro atoms. The molecule has 6 heteroatoms. The summed E-state index contributed by atoms with van der Waals surface area (Å²) in [6.45, 7) is 2.76. The standard InChI is InChI=1S/C15H25F3N2O/c1-2-8-14(9-5-10-19-14)13(21)20-12-7-4-3-6-11(12)15(16,17)18/h11-12,19H,2-10H2,1H3,(H,20,21). The van der Waals surface area contributed by atoms with Crippen molar-refractivity contribution in [3.63, 3.8) is 0 Å². The molecule has 2 N–H and O–H groups in total. The van der Waals surface area contributed by atoms with E-state index in [0.29, 0.717) is 19.3 Å². The van der Waals surface area contributed by atoms with Gasteiger partial charge in [0.1, 0.15) is 0 Å². The number of alkyl halides is 3. The van der Waals surface area contributed by atoms with E-state index in [-0.39, 0.29) is 12.3 Å². The second-order valence-electron chi connectivity index (χ2n) is 6.37. The van der Waals surface area contributed by atoms with Crippen molar-refractivity contribution >= 4 is 5.91 Å². The zero-order chi connectivity index (χ0) is 15.5. The normalized spacial score (nSPS) is 33.9. The van der Waals surface area contributed by atoms with Gasteiger partial charge in [-0.25, -0.2) is 0 Å². The molecule has 0 aromatic heterocycles. The van der Waals surface area contributed by atoms with Crippen LogP contribution < -0.4 is 10.6 Å². The molecule has 0 radical (unpaired) electrons. The Morgan fingerprint density at radius 1 is 1.29 bits per heavy atom. The minimum atomic E-state index is -4.22. The number of carbonyl (C=O) groups is 1. The third kappa shape index (κ3) is 3.71. The molecule has 1 amide bonds. The van der Waals surface area contributed by atoms with Gasteiger partial charge in [0.05, 0.1) is 11.5 Å². The number of hydrogen-bond donors (Lipinski definition) is 2. The van der Waals surface area contributed by atoms with E-state index in [1.807, 2.05) is 6.92 Å². The van der Waals surface area contributed by atoms with Gasteiger partial charge in [-0.3, -0.25) is 4.79 Å². The molecule has 2 fully saturated rings. The quantitative estimate of drug-likeness (QED) is 0.838. The molecule has 2 rings (SSSR count). The molecule has 21 heavy (non-hydrogen) atoms. The molecule has 1 heterocycles. The van der Waals surface area contributed by atoms with Gasteiger partial charge in [0.15, 0.2) is 0 Å². The average molecular weight is 306 g/mol. The van der Waals surface area contributed by atoms with E-state index in [9.17, 15) is 18.0 Å². The van der Waals surface area contributed by atoms with Crippen molar-refractivity contribution in [2.24, 2.45) is 5.92 Å². The van der Waals surface area contributed by atoms with Crippen LogP contribution in [0.25, 0.3) is 0 Å². The first-order chi connectivity index (χ1) is 9.89. The number of hydrogen-bond acceptors (Lipinski definition) is 2. The Kier molecular flexibility index (Phi) is 5.17. The molecule has 0 bridgehead atoms. The molecular formula is C15H25F3N2O. The van der Waals surface area contributed by atoms with E-state index >= 15 is 0 Å². The van der Waals surface area contributed by atoms with Gasteiger partial charge in [0.25, 0.3) is 0 Å². The number of amides is 1. The van der Waals surface area contributed by atoms with Crippen molar-refractivity contribution < 1.29 is 18.0 Å². The summed E-state index contributed by atoms with van der Waals surface area (Å²) in [4.78, 5) is 12.6. The minimum Gasteiger partial charge on any atom is -0.351 e. The van der Waals surface area contributed by atoms with Gasteiger partial charge in [-0.05, 0) is 38.6 Å². The monoisotopic (exact) mass is 306 g/mol. The van der Waals surface area contributed by atoms with E-state index < -0.39 is 23.7 Å². The Labute approximate surface area is 124 Å². The van der Waals surface area contributed by atoms with Crippen molar-refractivity contribution in [3.05, 3.63) is 0 Å². The lowest BCUT2D eigenvalue weighted by atomic mass is 9.82. The molecule has 122 valence electrons. The van der Waals surface area contributed by atoms with Crippen LogP contribution in [0.3, 0.4) is 0 Å². The molecule has 1 saturated heterocycles. The summed E-state index contributed by atoms with van der Waals surface area (Å²) in [6.07, 6.45) is 0.827. The van der Waals surface area contributed by atoms with Crippen molar-refractivity contribution in [1.82, 2.24) is 10.6 Å². The van der Waals surface area contributed by atoms with Gasteiger partial charge in [-0.15, -0.1) is 0 Å². The predicted molar refractivity (Wildman–Crippen MR) is 74.8 cm³/mol. The fourth-order valence-electron chi connectivity index (χ4n) is 3.76. The third-order valence-corrected chi connectivity index (χ3v) is 4.86. The Morgan fingerprint density at radius 2 is 2.00 bits per heavy atom. The highest BCUT2D eigenvalue weighted by Gasteiger charge is 2.48. The highest BCUT2D eigenvalue weighted by atomic mass is 19.4. The van der Waals surface area contributed by atoms with Crippen molar-refractivity contribution in [2.75, 3.05) is 6.54 Å². The number of rotatable bonds is 4. The Hall–Kier alpha value is -0.780. The van der Waals surface area contributed by atoms with Crippen LogP contribution in [-0.4, -0.2) is 30.2 Å². The summed E-state index contributed by atoms with van der Waals surface area (Å²) in [5.74, 6) is -1.63. The molecule has 3 nitrogen and oxygen atoms in total. The lowest BCUT2D eigenvalue weighted by Crippen LogP contribution is -2.58. The maximum Gasteiger partial charge on any atom is 0.393 e. The highest BCUT2D eigenvalue weighted by molar-refractivity contribution is 5.87. The van der Waals surface area contributed by atoms with Crippen LogP contribution in [0.2, 0.25) is 0 Å². The number of halogens is 3. The van der Waals surface area contributed by atoms with Gasteiger partial charge < -0.3 is 10.6 Å². The summed E-state index contributed by atoms with van der Waals surface area (Å²) < 4.78 is 39.3. The van der Waals surface area contributed by atoms with Crippen molar-refractivity contribution in [3.8, 4) is 0 Å². The first-order valence-electron chi connectivity index (χ1n) is 8.02. The molecular weight excluding hydrogens is 281 g/mol. The summed E-state index contributed by atoms with van der Waals surface area (Å²) in [5.41, 5.74) is -0.650. The topological polar surface area (TPSA) is 41.1 Å². The van der Waals surface area contributed by atoms with Crippen LogP contribution in [0, 0.1) is 5.92 Å². The fourth-order valence-corrected chi connectivity index (χ4v) is 3.76. The van der Waals surface area contributed by atoms with E-state index in [4.69, 9.17) is 0 Å². The van der Waals surface area contributed by atoms with Crippen LogP contribution in [0.15, 0.2) is 0 Å². The second kappa shape index (κ2) is 6.55. The van der Waals surface area contributed by atoms with Crippen molar-refractivity contribution in [1.29, 1.82) is 0 Å². The molecule has 1 saturated carbocycles. The Balaban J connectivity index is 2.05. The van der Waals surface area contributed by atoms with E-state index in [1.54, 1.807) is 0 Å². The van der Waals surface area contributed by atoms with Gasteiger partial charge in [-0.2, -0.15) is 13.2 Å². The first-order valence-corrected chi connectivity index (χ1v) is 8.02. The van der Waals surface area contributed by atoms with Crippen LogP contribution in [0.5, 0.6) is 0 Å². The predicted octanol–water partition coefficient (Wildman–Crippen LogP) is 3.15. The Morgan fingerprint density at radius 3 is 2.57 bits per heavy atom. The van der Waals surface area contributed by atoms with Crippen LogP contribution in [0.1, 0.15) is 58.3 Å². The first kappa shape index (κ1) is 16.6. The van der Waals surface area contributed by atoms with Gasteiger partial charge in [0.2, 0.25) is 5.91 Å². The van der Waals surface area contributed by atoms with Crippen LogP contribution >= 0.6 is 0 Å². The third-order valence-electron chi connectivity index (χ3n) is 4.86. The molecule has 2 aliphatic rings. The summed E-state index contributed by atoms with van der Waals surface area (Å²) in [6, 6.07) is -0.762. The van der Waals surface area contributed by atoms with E-state index in [0.717, 1.165) is 32.2 Å². The largest absolute Gasteiger partial charge is 0.393 e. The number of carbonyl (C=O) groups excluding carboxylic acids is 1. The maximum absolute atomic E-state index is 13.1. The fraction of sp³-hybridized carbons (Fsp3) is 0.933. The summed E-state index contributed by atoms with van der Waals surface area (Å²) in [5, 5.41) is 5.94. The molecule has 3 atom stereocenters. The van der Waals surface area contributed by atoms with Gasteiger partial charge >= 0.3 is 6.18 Å². The van der Waals surface area contributed by atoms with E-state index in [2.05, 4.69) is 10.6 Å². The van der Waals surface area contributed by atoms with E-state index in [1.165, 1.54) is 0 Å². The van der Waals surface area contributed by atoms with Crippen LogP contribution in [0.4, 0.5) is 13.2 Å². The lowest BCUT2D eigenvalue weighted by Gasteiger charge is -2.36. The zero-order valence-electron chi connectivity index (χ0n) is 12.6. The SMILES string of the molecule is CCCC1(C(=O)NC2CCCCC2C(F)(F)F)CCCN1. The van der Waals surface area contributed by atoms with Gasteiger partial charge in [-0.1, -0.05) is 26.2 Å². The molecule has 0 aromatic rings. The highest BCUT2D eigenvalue weighted by Crippen LogP contribution is 2.38. The summed E-state index contributed by atoms with van der Waals surface area (Å²) in [7, 11) is 0. The van der Waals surface area contributed by atoms with Crippen LogP contribution in [-0.2, 0) is 4.79 Å². The number of nitrogens with one attached hydrogen (secondary N) is 2. The van der Waals surface area contributed by atoms with Gasteiger partial charge in [0, 0.05) is 6.04 Å². The summed E-state index contributed by atoms with van der Waals surface area (Å²) >= 11 is 0.